The number of nitrogens with one attached hydrogen (secondary N) is 1. The molecule has 0 aliphatic carbocycles. The maximum Gasteiger partial charge on any atom is 0.270 e. The predicted octanol–water partition coefficient (Wildman–Crippen LogP) is 2.01. The van der Waals surface area contributed by atoms with Gasteiger partial charge < -0.3 is 0 Å². The van der Waals surface area contributed by atoms with Crippen LogP contribution in [0.3, 0.4) is 0 Å². The summed E-state index contributed by atoms with van der Waals surface area (Å²) in [6.07, 6.45) is 0.716. The average molecular weight is 384 g/mol. The number of hydrogen-bond donors (Lipinski definition) is 1. The van der Waals surface area contributed by atoms with Crippen molar-refractivity contribution in [2.45, 2.75) is 18.2 Å². The normalized spacial score (nSPS) is 11.4. The molecule has 0 heterocycles. The van der Waals surface area contributed by atoms with Crippen LogP contribution in [0.1, 0.15) is 12.0 Å². The van der Waals surface area contributed by atoms with Crippen molar-refractivity contribution in [3.63, 3.8) is 0 Å². The molecule has 1 aromatic rings. The van der Waals surface area contributed by atoms with Gasteiger partial charge in [-0.2, -0.15) is 0 Å². The van der Waals surface area contributed by atoms with E-state index in [1.807, 2.05) is 0 Å². The van der Waals surface area contributed by atoms with E-state index < -0.39 is 14.9 Å². The molecule has 0 amide bonds. The summed E-state index contributed by atoms with van der Waals surface area (Å²) in [6, 6.07) is 3.81. The van der Waals surface area contributed by atoms with E-state index >= 15 is 0 Å². The van der Waals surface area contributed by atoms with Crippen molar-refractivity contribution in [1.29, 1.82) is 0 Å². The van der Waals surface area contributed by atoms with Crippen LogP contribution in [0.2, 0.25) is 0 Å². The minimum Gasteiger partial charge on any atom is -0.258 e. The van der Waals surface area contributed by atoms with Crippen LogP contribution in [-0.2, 0) is 10.0 Å². The van der Waals surface area contributed by atoms with E-state index in [-0.39, 0.29) is 10.6 Å². The van der Waals surface area contributed by atoms with Gasteiger partial charge in [0.05, 0.1) is 9.82 Å². The van der Waals surface area contributed by atoms with E-state index in [0.29, 0.717) is 18.5 Å². The Morgan fingerprint density at radius 3 is 2.67 bits per heavy atom. The smallest absolute Gasteiger partial charge is 0.258 e. The van der Waals surface area contributed by atoms with Crippen molar-refractivity contribution in [2.24, 2.45) is 0 Å². The molecule has 1 aromatic carbocycles. The number of nitro groups is 1. The first-order chi connectivity index (χ1) is 8.38. The summed E-state index contributed by atoms with van der Waals surface area (Å²) < 4.78 is 27.2. The highest BCUT2D eigenvalue weighted by molar-refractivity contribution is 14.1. The molecule has 18 heavy (non-hydrogen) atoms. The van der Waals surface area contributed by atoms with Gasteiger partial charge in [-0.15, -0.1) is 0 Å². The summed E-state index contributed by atoms with van der Waals surface area (Å²) in [4.78, 5) is 10.00. The van der Waals surface area contributed by atoms with Crippen LogP contribution in [0.5, 0.6) is 0 Å². The van der Waals surface area contributed by atoms with Gasteiger partial charge in [0.2, 0.25) is 10.0 Å². The summed E-state index contributed by atoms with van der Waals surface area (Å²) in [5.74, 6) is 0. The first-order valence-electron chi connectivity index (χ1n) is 5.19. The van der Waals surface area contributed by atoms with Crippen LogP contribution in [0, 0.1) is 17.0 Å². The fraction of sp³-hybridized carbons (Fsp3) is 0.400. The number of rotatable bonds is 6. The zero-order valence-electron chi connectivity index (χ0n) is 9.72. The fourth-order valence-corrected chi connectivity index (χ4v) is 3.06. The third-order valence-electron chi connectivity index (χ3n) is 2.27. The molecule has 0 unspecified atom stereocenters. The number of non-ortho nitro benzene ring substituents is 1. The van der Waals surface area contributed by atoms with Crippen molar-refractivity contribution in [3.8, 4) is 0 Å². The zero-order chi connectivity index (χ0) is 13.8. The largest absolute Gasteiger partial charge is 0.270 e. The molecule has 1 N–H and O–H groups in total. The Morgan fingerprint density at radius 1 is 1.44 bits per heavy atom. The SMILES string of the molecule is Cc1ccc([N+](=O)[O-])cc1S(=O)(=O)NCCCI. The van der Waals surface area contributed by atoms with Crippen LogP contribution in [0.25, 0.3) is 0 Å². The molecule has 6 nitrogen and oxygen atoms in total. The minimum absolute atomic E-state index is 0.0369. The topological polar surface area (TPSA) is 89.3 Å². The molecule has 0 radical (unpaired) electrons. The standard InChI is InChI=1S/C10H13IN2O4S/c1-8-3-4-9(13(14)15)7-10(8)18(16,17)12-6-2-5-11/h3-4,7,12H,2,5-6H2,1H3. The van der Waals surface area contributed by atoms with Crippen molar-refractivity contribution in [3.05, 3.63) is 33.9 Å². The Kier molecular flexibility index (Phi) is 5.47. The van der Waals surface area contributed by atoms with E-state index in [0.717, 1.165) is 10.5 Å². The van der Waals surface area contributed by atoms with Crippen LogP contribution in [0.15, 0.2) is 23.1 Å². The Morgan fingerprint density at radius 2 is 2.11 bits per heavy atom. The number of nitrogens with zero attached hydrogens (tertiary/aromatic N) is 1. The van der Waals surface area contributed by atoms with Gasteiger partial charge in [-0.1, -0.05) is 28.7 Å². The second-order valence-corrected chi connectivity index (χ2v) is 6.46. The molecular weight excluding hydrogens is 371 g/mol. The molecule has 100 valence electrons. The molecule has 0 atom stereocenters. The Bertz CT molecular complexity index is 545. The van der Waals surface area contributed by atoms with Crippen LogP contribution in [-0.4, -0.2) is 24.3 Å². The summed E-state index contributed by atoms with van der Waals surface area (Å²) in [6.45, 7) is 1.93. The van der Waals surface area contributed by atoms with Gasteiger partial charge in [-0.3, -0.25) is 10.1 Å². The third kappa shape index (κ3) is 3.89. The lowest BCUT2D eigenvalue weighted by Gasteiger charge is -2.08. The number of aryl methyl sites for hydroxylation is 1. The highest BCUT2D eigenvalue weighted by atomic mass is 127. The summed E-state index contributed by atoms with van der Waals surface area (Å²) in [7, 11) is -3.68. The number of nitro benzene ring substituents is 1. The fourth-order valence-electron chi connectivity index (χ4n) is 1.34. The van der Waals surface area contributed by atoms with Crippen molar-refractivity contribution in [1.82, 2.24) is 4.72 Å². The maximum atomic E-state index is 12.0. The number of sulfonamides is 1. The van der Waals surface area contributed by atoms with Gasteiger partial charge in [-0.05, 0) is 18.9 Å². The number of hydrogen-bond acceptors (Lipinski definition) is 4. The monoisotopic (exact) mass is 384 g/mol. The van der Waals surface area contributed by atoms with Gasteiger partial charge in [0, 0.05) is 23.1 Å². The summed E-state index contributed by atoms with van der Waals surface area (Å²) in [5.41, 5.74) is 0.262. The average Bonchev–Trinajstić information content (AvgIpc) is 2.29. The molecule has 0 saturated heterocycles. The molecular formula is C10H13IN2O4S. The highest BCUT2D eigenvalue weighted by Gasteiger charge is 2.19. The highest BCUT2D eigenvalue weighted by Crippen LogP contribution is 2.21. The minimum atomic E-state index is -3.68. The molecule has 0 spiro atoms. The number of benzene rings is 1. The Balaban J connectivity index is 3.07. The van der Waals surface area contributed by atoms with Crippen molar-refractivity contribution < 1.29 is 13.3 Å². The second kappa shape index (κ2) is 6.43. The van der Waals surface area contributed by atoms with Crippen LogP contribution < -0.4 is 4.72 Å². The lowest BCUT2D eigenvalue weighted by molar-refractivity contribution is -0.385. The quantitative estimate of drug-likeness (QED) is 0.267. The molecule has 0 aliphatic heterocycles. The molecule has 0 saturated carbocycles. The number of halogens is 1. The predicted molar refractivity (Wildman–Crippen MR) is 76.5 cm³/mol. The van der Waals surface area contributed by atoms with Gasteiger partial charge in [0.25, 0.3) is 5.69 Å². The third-order valence-corrected chi connectivity index (χ3v) is 4.64. The van der Waals surface area contributed by atoms with Crippen molar-refractivity contribution >= 4 is 38.3 Å². The molecule has 8 heteroatoms. The summed E-state index contributed by atoms with van der Waals surface area (Å²) in [5, 5.41) is 10.6. The molecule has 0 aliphatic rings. The summed E-state index contributed by atoms with van der Waals surface area (Å²) >= 11 is 2.15. The zero-order valence-corrected chi connectivity index (χ0v) is 12.7. The van der Waals surface area contributed by atoms with E-state index in [4.69, 9.17) is 0 Å². The first-order valence-corrected chi connectivity index (χ1v) is 8.20. The van der Waals surface area contributed by atoms with E-state index in [9.17, 15) is 18.5 Å². The first kappa shape index (κ1) is 15.3. The number of alkyl halides is 1. The van der Waals surface area contributed by atoms with Gasteiger partial charge in [0.15, 0.2) is 0 Å². The van der Waals surface area contributed by atoms with Crippen LogP contribution >= 0.6 is 22.6 Å². The lowest BCUT2D eigenvalue weighted by atomic mass is 10.2. The second-order valence-electron chi connectivity index (χ2n) is 3.65. The van der Waals surface area contributed by atoms with Gasteiger partial charge in [0.1, 0.15) is 0 Å². The van der Waals surface area contributed by atoms with Crippen LogP contribution in [0.4, 0.5) is 5.69 Å². The Labute approximate surface area is 119 Å². The van der Waals surface area contributed by atoms with Gasteiger partial charge in [-0.25, -0.2) is 13.1 Å². The lowest BCUT2D eigenvalue weighted by Crippen LogP contribution is -2.25. The van der Waals surface area contributed by atoms with Crippen molar-refractivity contribution in [2.75, 3.05) is 11.0 Å². The van der Waals surface area contributed by atoms with Gasteiger partial charge >= 0.3 is 0 Å². The molecule has 0 aromatic heterocycles. The van der Waals surface area contributed by atoms with E-state index in [2.05, 4.69) is 27.3 Å². The Hall–Kier alpha value is -0.740. The van der Waals surface area contributed by atoms with E-state index in [1.54, 1.807) is 6.92 Å². The maximum absolute atomic E-state index is 12.0. The van der Waals surface area contributed by atoms with E-state index in [1.165, 1.54) is 12.1 Å². The molecule has 0 bridgehead atoms. The molecule has 1 rings (SSSR count). The molecule has 0 fully saturated rings.